The first-order chi connectivity index (χ1) is 7.75. The summed E-state index contributed by atoms with van der Waals surface area (Å²) >= 11 is 1.64. The van der Waals surface area contributed by atoms with Crippen molar-refractivity contribution in [3.05, 3.63) is 52.0 Å². The monoisotopic (exact) mass is 232 g/mol. The Balaban J connectivity index is 1.90. The molecule has 1 aromatic carbocycles. The summed E-state index contributed by atoms with van der Waals surface area (Å²) in [5, 5.41) is 5.56. The fraction of sp³-hybridized carbons (Fsp3) is 0.308. The van der Waals surface area contributed by atoms with Gasteiger partial charge in [0.1, 0.15) is 0 Å². The van der Waals surface area contributed by atoms with Crippen LogP contribution in [0.4, 0.5) is 0 Å². The van der Waals surface area contributed by atoms with E-state index < -0.39 is 0 Å². The van der Waals surface area contributed by atoms with Crippen molar-refractivity contribution in [1.29, 1.82) is 0 Å². The molecule has 0 saturated carbocycles. The van der Waals surface area contributed by atoms with Gasteiger partial charge in [0.05, 0.1) is 11.2 Å². The van der Waals surface area contributed by atoms with E-state index in [4.69, 9.17) is 0 Å². The van der Waals surface area contributed by atoms with Gasteiger partial charge in [0.15, 0.2) is 0 Å². The number of hydrogen-bond donors (Lipinski definition) is 1. The highest BCUT2D eigenvalue weighted by atomic mass is 32.1. The predicted molar refractivity (Wildman–Crippen MR) is 68.5 cm³/mol. The third-order valence-electron chi connectivity index (χ3n) is 2.63. The van der Waals surface area contributed by atoms with Crippen molar-refractivity contribution >= 4 is 11.3 Å². The number of nitrogens with one attached hydrogen (secondary N) is 1. The zero-order chi connectivity index (χ0) is 11.4. The lowest BCUT2D eigenvalue weighted by atomic mass is 10.1. The van der Waals surface area contributed by atoms with Gasteiger partial charge in [0, 0.05) is 18.0 Å². The SMILES string of the molecule is Cc1ccc(CNC(C)c2cscn2)cc1. The van der Waals surface area contributed by atoms with Crippen molar-refractivity contribution in [2.24, 2.45) is 0 Å². The van der Waals surface area contributed by atoms with E-state index in [9.17, 15) is 0 Å². The maximum Gasteiger partial charge on any atom is 0.0795 e. The number of thiazole rings is 1. The number of nitrogens with zero attached hydrogens (tertiary/aromatic N) is 1. The molecule has 1 heterocycles. The highest BCUT2D eigenvalue weighted by Crippen LogP contribution is 2.12. The molecule has 1 atom stereocenters. The molecule has 84 valence electrons. The Morgan fingerprint density at radius 1 is 1.31 bits per heavy atom. The van der Waals surface area contributed by atoms with Gasteiger partial charge in [-0.15, -0.1) is 11.3 Å². The van der Waals surface area contributed by atoms with Gasteiger partial charge >= 0.3 is 0 Å². The van der Waals surface area contributed by atoms with Gasteiger partial charge in [-0.2, -0.15) is 0 Å². The molecule has 0 saturated heterocycles. The first-order valence-electron chi connectivity index (χ1n) is 5.43. The van der Waals surface area contributed by atoms with Crippen LogP contribution in [0.5, 0.6) is 0 Å². The first-order valence-corrected chi connectivity index (χ1v) is 6.37. The average molecular weight is 232 g/mol. The molecule has 0 fully saturated rings. The van der Waals surface area contributed by atoms with Crippen LogP contribution >= 0.6 is 11.3 Å². The van der Waals surface area contributed by atoms with Gasteiger partial charge in [0.25, 0.3) is 0 Å². The summed E-state index contributed by atoms with van der Waals surface area (Å²) in [5.74, 6) is 0. The summed E-state index contributed by atoms with van der Waals surface area (Å²) in [6.07, 6.45) is 0. The zero-order valence-electron chi connectivity index (χ0n) is 9.60. The third-order valence-corrected chi connectivity index (χ3v) is 3.23. The standard InChI is InChI=1S/C13H16N2S/c1-10-3-5-12(6-4-10)7-14-11(2)13-8-16-9-15-13/h3-6,8-9,11,14H,7H2,1-2H3. The van der Waals surface area contributed by atoms with E-state index in [2.05, 4.69) is 53.8 Å². The summed E-state index contributed by atoms with van der Waals surface area (Å²) in [4.78, 5) is 4.30. The van der Waals surface area contributed by atoms with Crippen LogP contribution in [0.25, 0.3) is 0 Å². The van der Waals surface area contributed by atoms with Gasteiger partial charge in [-0.3, -0.25) is 0 Å². The Bertz CT molecular complexity index is 420. The van der Waals surface area contributed by atoms with Crippen LogP contribution in [0.15, 0.2) is 35.2 Å². The molecule has 1 aromatic heterocycles. The van der Waals surface area contributed by atoms with Crippen molar-refractivity contribution in [2.45, 2.75) is 26.4 Å². The van der Waals surface area contributed by atoms with Crippen molar-refractivity contribution in [3.8, 4) is 0 Å². The van der Waals surface area contributed by atoms with Gasteiger partial charge in [0.2, 0.25) is 0 Å². The molecule has 0 radical (unpaired) electrons. The average Bonchev–Trinajstić information content (AvgIpc) is 2.81. The van der Waals surface area contributed by atoms with Crippen LogP contribution in [0.2, 0.25) is 0 Å². The lowest BCUT2D eigenvalue weighted by Gasteiger charge is -2.11. The largest absolute Gasteiger partial charge is 0.305 e. The van der Waals surface area contributed by atoms with E-state index in [0.717, 1.165) is 12.2 Å². The quantitative estimate of drug-likeness (QED) is 0.875. The summed E-state index contributed by atoms with van der Waals surface area (Å²) in [6.45, 7) is 5.14. The highest BCUT2D eigenvalue weighted by Gasteiger charge is 2.05. The predicted octanol–water partition coefficient (Wildman–Crippen LogP) is 3.30. The van der Waals surface area contributed by atoms with Crippen LogP contribution in [0.1, 0.15) is 29.8 Å². The van der Waals surface area contributed by atoms with Crippen molar-refractivity contribution in [1.82, 2.24) is 10.3 Å². The lowest BCUT2D eigenvalue weighted by molar-refractivity contribution is 0.564. The van der Waals surface area contributed by atoms with Crippen molar-refractivity contribution in [2.75, 3.05) is 0 Å². The maximum atomic E-state index is 4.30. The van der Waals surface area contributed by atoms with Crippen LogP contribution < -0.4 is 5.32 Å². The maximum absolute atomic E-state index is 4.30. The van der Waals surface area contributed by atoms with E-state index >= 15 is 0 Å². The Labute approximate surface area is 100 Å². The molecule has 0 bridgehead atoms. The van der Waals surface area contributed by atoms with Crippen LogP contribution in [-0.4, -0.2) is 4.98 Å². The lowest BCUT2D eigenvalue weighted by Crippen LogP contribution is -2.18. The molecule has 1 unspecified atom stereocenters. The number of aromatic nitrogens is 1. The highest BCUT2D eigenvalue weighted by molar-refractivity contribution is 7.07. The van der Waals surface area contributed by atoms with E-state index in [1.165, 1.54) is 11.1 Å². The molecule has 3 heteroatoms. The van der Waals surface area contributed by atoms with Crippen LogP contribution in [-0.2, 0) is 6.54 Å². The summed E-state index contributed by atoms with van der Waals surface area (Å²) in [5.41, 5.74) is 5.61. The molecule has 1 N–H and O–H groups in total. The third kappa shape index (κ3) is 2.90. The molecular weight excluding hydrogens is 216 g/mol. The fourth-order valence-electron chi connectivity index (χ4n) is 1.52. The molecular formula is C13H16N2S. The van der Waals surface area contributed by atoms with Crippen LogP contribution in [0.3, 0.4) is 0 Å². The number of rotatable bonds is 4. The minimum absolute atomic E-state index is 0.313. The number of benzene rings is 1. The number of aryl methyl sites for hydroxylation is 1. The van der Waals surface area contributed by atoms with Crippen LogP contribution in [0, 0.1) is 6.92 Å². The van der Waals surface area contributed by atoms with Gasteiger partial charge in [-0.1, -0.05) is 29.8 Å². The Morgan fingerprint density at radius 2 is 2.06 bits per heavy atom. The number of hydrogen-bond acceptors (Lipinski definition) is 3. The zero-order valence-corrected chi connectivity index (χ0v) is 10.4. The topological polar surface area (TPSA) is 24.9 Å². The molecule has 2 aromatic rings. The molecule has 0 spiro atoms. The Hall–Kier alpha value is -1.19. The summed E-state index contributed by atoms with van der Waals surface area (Å²) in [7, 11) is 0. The minimum atomic E-state index is 0.313. The van der Waals surface area contributed by atoms with Crippen molar-refractivity contribution < 1.29 is 0 Å². The van der Waals surface area contributed by atoms with Gasteiger partial charge in [-0.05, 0) is 19.4 Å². The van der Waals surface area contributed by atoms with Crippen molar-refractivity contribution in [3.63, 3.8) is 0 Å². The molecule has 16 heavy (non-hydrogen) atoms. The smallest absolute Gasteiger partial charge is 0.0795 e. The summed E-state index contributed by atoms with van der Waals surface area (Å²) < 4.78 is 0. The molecule has 0 amide bonds. The second-order valence-corrected chi connectivity index (χ2v) is 4.72. The van der Waals surface area contributed by atoms with E-state index in [1.54, 1.807) is 11.3 Å². The Kier molecular flexibility index (Phi) is 3.70. The molecule has 0 aliphatic carbocycles. The summed E-state index contributed by atoms with van der Waals surface area (Å²) in [6, 6.07) is 8.92. The normalized spacial score (nSPS) is 12.6. The van der Waals surface area contributed by atoms with E-state index in [1.807, 2.05) is 5.51 Å². The molecule has 2 rings (SSSR count). The van der Waals surface area contributed by atoms with E-state index in [-0.39, 0.29) is 0 Å². The second-order valence-electron chi connectivity index (χ2n) is 4.00. The molecule has 0 aliphatic rings. The first kappa shape index (κ1) is 11.3. The minimum Gasteiger partial charge on any atom is -0.305 e. The van der Waals surface area contributed by atoms with E-state index in [0.29, 0.717) is 6.04 Å². The molecule has 0 aliphatic heterocycles. The fourth-order valence-corrected chi connectivity index (χ4v) is 2.17. The second kappa shape index (κ2) is 5.23. The Morgan fingerprint density at radius 3 is 2.69 bits per heavy atom. The van der Waals surface area contributed by atoms with Gasteiger partial charge < -0.3 is 5.32 Å². The van der Waals surface area contributed by atoms with Gasteiger partial charge in [-0.25, -0.2) is 4.98 Å². The molecule has 2 nitrogen and oxygen atoms in total.